The van der Waals surface area contributed by atoms with Crippen molar-refractivity contribution in [3.8, 4) is 11.6 Å². The molecular weight excluding hydrogens is 158 g/mol. The molecule has 0 aliphatic heterocycles. The molecule has 0 spiro atoms. The summed E-state index contributed by atoms with van der Waals surface area (Å²) in [6.07, 6.45) is 1.79. The lowest BCUT2D eigenvalue weighted by Crippen LogP contribution is -1.87. The molecule has 6 nitrogen and oxygen atoms in total. The van der Waals surface area contributed by atoms with Crippen molar-refractivity contribution in [2.45, 2.75) is 0 Å². The molecule has 0 fully saturated rings. The smallest absolute Gasteiger partial charge is 0.313 e. The van der Waals surface area contributed by atoms with Gasteiger partial charge in [-0.1, -0.05) is 5.10 Å². The summed E-state index contributed by atoms with van der Waals surface area (Å²) in [5, 5.41) is 11.3. The zero-order valence-corrected chi connectivity index (χ0v) is 6.43. The summed E-state index contributed by atoms with van der Waals surface area (Å²) >= 11 is 0. The molecule has 0 saturated carbocycles. The van der Waals surface area contributed by atoms with Crippen molar-refractivity contribution in [1.82, 2.24) is 20.0 Å². The third kappa shape index (κ3) is 1.03. The van der Waals surface area contributed by atoms with Crippen LogP contribution in [0.1, 0.15) is 0 Å². The standard InChI is InChI=1S/C6H7N5O/c1-11-3-2-4(10-11)5-8-9-6(7)12-5/h2-3H,1H3,(H2,7,9). The first-order valence-electron chi connectivity index (χ1n) is 3.35. The van der Waals surface area contributed by atoms with Crippen LogP contribution in [0.25, 0.3) is 11.6 Å². The van der Waals surface area contributed by atoms with Crippen LogP contribution in [0.5, 0.6) is 0 Å². The largest absolute Gasteiger partial charge is 0.402 e. The molecule has 0 aliphatic carbocycles. The van der Waals surface area contributed by atoms with Gasteiger partial charge in [0, 0.05) is 13.2 Å². The van der Waals surface area contributed by atoms with Crippen LogP contribution in [0.4, 0.5) is 6.01 Å². The summed E-state index contributed by atoms with van der Waals surface area (Å²) < 4.78 is 6.61. The van der Waals surface area contributed by atoms with Crippen LogP contribution in [0.3, 0.4) is 0 Å². The maximum atomic E-state index is 5.25. The van der Waals surface area contributed by atoms with Gasteiger partial charge in [0.25, 0.3) is 5.89 Å². The number of nitrogens with zero attached hydrogens (tertiary/aromatic N) is 4. The molecule has 62 valence electrons. The Hall–Kier alpha value is -1.85. The van der Waals surface area contributed by atoms with Crippen LogP contribution in [0.15, 0.2) is 16.7 Å². The van der Waals surface area contributed by atoms with Gasteiger partial charge >= 0.3 is 6.01 Å². The average Bonchev–Trinajstić information content (AvgIpc) is 2.58. The SMILES string of the molecule is Cn1ccc(-c2nnc(N)o2)n1. The fraction of sp³-hybridized carbons (Fsp3) is 0.167. The molecule has 2 heterocycles. The van der Waals surface area contributed by atoms with Crippen molar-refractivity contribution >= 4 is 6.01 Å². The van der Waals surface area contributed by atoms with E-state index in [-0.39, 0.29) is 6.01 Å². The summed E-state index contributed by atoms with van der Waals surface area (Å²) in [7, 11) is 1.81. The van der Waals surface area contributed by atoms with Gasteiger partial charge < -0.3 is 10.2 Å². The maximum absolute atomic E-state index is 5.25. The van der Waals surface area contributed by atoms with Crippen molar-refractivity contribution in [2.24, 2.45) is 7.05 Å². The third-order valence-corrected chi connectivity index (χ3v) is 1.37. The first-order valence-corrected chi connectivity index (χ1v) is 3.35. The van der Waals surface area contributed by atoms with Gasteiger partial charge in [-0.3, -0.25) is 4.68 Å². The third-order valence-electron chi connectivity index (χ3n) is 1.37. The fourth-order valence-corrected chi connectivity index (χ4v) is 0.867. The van der Waals surface area contributed by atoms with Gasteiger partial charge in [0.1, 0.15) is 5.69 Å². The Kier molecular flexibility index (Phi) is 1.33. The molecule has 0 amide bonds. The highest BCUT2D eigenvalue weighted by Crippen LogP contribution is 2.14. The Bertz CT molecular complexity index is 352. The van der Waals surface area contributed by atoms with E-state index in [9.17, 15) is 0 Å². The second-order valence-electron chi connectivity index (χ2n) is 2.32. The summed E-state index contributed by atoms with van der Waals surface area (Å²) in [6, 6.07) is 1.82. The molecule has 0 bridgehead atoms. The molecule has 12 heavy (non-hydrogen) atoms. The quantitative estimate of drug-likeness (QED) is 0.645. The van der Waals surface area contributed by atoms with Crippen LogP contribution < -0.4 is 5.73 Å². The molecule has 0 saturated heterocycles. The zero-order chi connectivity index (χ0) is 8.55. The highest BCUT2D eigenvalue weighted by molar-refractivity contribution is 5.45. The Balaban J connectivity index is 2.43. The number of rotatable bonds is 1. The van der Waals surface area contributed by atoms with E-state index in [1.807, 2.05) is 7.05 Å². The topological polar surface area (TPSA) is 82.8 Å². The van der Waals surface area contributed by atoms with Gasteiger partial charge in [-0.15, -0.1) is 5.10 Å². The lowest BCUT2D eigenvalue weighted by Gasteiger charge is -1.84. The lowest BCUT2D eigenvalue weighted by atomic mass is 10.4. The molecule has 0 radical (unpaired) electrons. The number of nitrogens with two attached hydrogens (primary N) is 1. The monoisotopic (exact) mass is 165 g/mol. The predicted molar refractivity (Wildman–Crippen MR) is 40.9 cm³/mol. The van der Waals surface area contributed by atoms with Gasteiger partial charge in [0.15, 0.2) is 0 Å². The summed E-state index contributed by atoms with van der Waals surface area (Å²) in [5.74, 6) is 0.341. The van der Waals surface area contributed by atoms with Gasteiger partial charge in [-0.05, 0) is 6.07 Å². The molecule has 0 aromatic carbocycles. The molecule has 0 aliphatic rings. The van der Waals surface area contributed by atoms with Crippen LogP contribution in [0.2, 0.25) is 0 Å². The normalized spacial score (nSPS) is 10.4. The van der Waals surface area contributed by atoms with Crippen LogP contribution >= 0.6 is 0 Å². The van der Waals surface area contributed by atoms with Crippen LogP contribution in [-0.2, 0) is 7.05 Å². The van der Waals surface area contributed by atoms with E-state index in [1.165, 1.54) is 0 Å². The Morgan fingerprint density at radius 1 is 1.50 bits per heavy atom. The number of hydrogen-bond donors (Lipinski definition) is 1. The van der Waals surface area contributed by atoms with Crippen molar-refractivity contribution in [1.29, 1.82) is 0 Å². The second kappa shape index (κ2) is 2.33. The number of hydrogen-bond acceptors (Lipinski definition) is 5. The average molecular weight is 165 g/mol. The summed E-state index contributed by atoms with van der Waals surface area (Å²) in [4.78, 5) is 0. The number of nitrogen functional groups attached to an aromatic ring is 1. The van der Waals surface area contributed by atoms with Crippen molar-refractivity contribution in [2.75, 3.05) is 5.73 Å². The van der Waals surface area contributed by atoms with E-state index in [0.29, 0.717) is 11.6 Å². The maximum Gasteiger partial charge on any atom is 0.313 e. The summed E-state index contributed by atoms with van der Waals surface area (Å²) in [5.41, 5.74) is 5.87. The van der Waals surface area contributed by atoms with Crippen LogP contribution in [-0.4, -0.2) is 20.0 Å². The minimum Gasteiger partial charge on any atom is -0.402 e. The summed E-state index contributed by atoms with van der Waals surface area (Å²) in [6.45, 7) is 0. The molecule has 2 rings (SSSR count). The number of anilines is 1. The highest BCUT2D eigenvalue weighted by Gasteiger charge is 2.07. The van der Waals surface area contributed by atoms with Gasteiger partial charge in [-0.25, -0.2) is 0 Å². The van der Waals surface area contributed by atoms with Crippen LogP contribution in [0, 0.1) is 0 Å². The Morgan fingerprint density at radius 3 is 2.83 bits per heavy atom. The lowest BCUT2D eigenvalue weighted by molar-refractivity contribution is 0.585. The molecule has 6 heteroatoms. The molecule has 2 aromatic rings. The van der Waals surface area contributed by atoms with E-state index in [1.54, 1.807) is 16.9 Å². The minimum atomic E-state index is 0.0515. The van der Waals surface area contributed by atoms with Gasteiger partial charge in [0.2, 0.25) is 0 Å². The van der Waals surface area contributed by atoms with Gasteiger partial charge in [0.05, 0.1) is 0 Å². The highest BCUT2D eigenvalue weighted by atomic mass is 16.4. The van der Waals surface area contributed by atoms with E-state index in [4.69, 9.17) is 10.2 Å². The zero-order valence-electron chi connectivity index (χ0n) is 6.43. The van der Waals surface area contributed by atoms with E-state index >= 15 is 0 Å². The van der Waals surface area contributed by atoms with E-state index in [2.05, 4.69) is 15.3 Å². The van der Waals surface area contributed by atoms with E-state index < -0.39 is 0 Å². The Morgan fingerprint density at radius 2 is 2.33 bits per heavy atom. The van der Waals surface area contributed by atoms with Crippen molar-refractivity contribution < 1.29 is 4.42 Å². The molecule has 2 N–H and O–H groups in total. The fourth-order valence-electron chi connectivity index (χ4n) is 0.867. The first-order chi connectivity index (χ1) is 5.75. The van der Waals surface area contributed by atoms with Crippen molar-refractivity contribution in [3.05, 3.63) is 12.3 Å². The van der Waals surface area contributed by atoms with Crippen molar-refractivity contribution in [3.63, 3.8) is 0 Å². The van der Waals surface area contributed by atoms with E-state index in [0.717, 1.165) is 0 Å². The molecule has 0 atom stereocenters. The minimum absolute atomic E-state index is 0.0515. The molecular formula is C6H7N5O. The number of aryl methyl sites for hydroxylation is 1. The Labute approximate surface area is 68.0 Å². The second-order valence-corrected chi connectivity index (χ2v) is 2.32. The molecule has 2 aromatic heterocycles. The molecule has 0 unspecified atom stereocenters. The predicted octanol–water partition coefficient (Wildman–Crippen LogP) is 0.0523. The first kappa shape index (κ1) is 6.84. The number of aromatic nitrogens is 4. The van der Waals surface area contributed by atoms with Gasteiger partial charge in [-0.2, -0.15) is 5.10 Å².